The average molecular weight is 267 g/mol. The molecule has 1 unspecified atom stereocenters. The predicted octanol–water partition coefficient (Wildman–Crippen LogP) is 3.04. The normalized spacial score (nSPS) is 12.4. The first-order valence-corrected chi connectivity index (χ1v) is 6.10. The van der Waals surface area contributed by atoms with Crippen LogP contribution in [0, 0.1) is 0 Å². The maximum Gasteiger partial charge on any atom is 0.198 e. The van der Waals surface area contributed by atoms with Gasteiger partial charge in [0.2, 0.25) is 0 Å². The molecule has 0 spiro atoms. The van der Waals surface area contributed by atoms with Gasteiger partial charge in [0.1, 0.15) is 11.4 Å². The van der Waals surface area contributed by atoms with Crippen molar-refractivity contribution in [1.29, 1.82) is 0 Å². The highest BCUT2D eigenvalue weighted by Crippen LogP contribution is 2.32. The molecule has 1 atom stereocenters. The summed E-state index contributed by atoms with van der Waals surface area (Å²) in [5.74, 6) is 0.723. The number of nitrogens with one attached hydrogen (secondary N) is 1. The number of pyridine rings is 1. The zero-order valence-corrected chi connectivity index (χ0v) is 11.1. The number of ether oxygens (including phenoxy) is 1. The first-order chi connectivity index (χ1) is 8.77. The van der Waals surface area contributed by atoms with Crippen LogP contribution in [0.1, 0.15) is 24.2 Å². The summed E-state index contributed by atoms with van der Waals surface area (Å²) in [7, 11) is 1.63. The van der Waals surface area contributed by atoms with E-state index in [4.69, 9.17) is 20.8 Å². The number of hydrogen-bond acceptors (Lipinski definition) is 4. The van der Waals surface area contributed by atoms with Gasteiger partial charge in [-0.2, -0.15) is 0 Å². The summed E-state index contributed by atoms with van der Waals surface area (Å²) >= 11 is 6.04. The molecular formula is C13H15ClN2O2. The molecule has 0 amide bonds. The number of nitrogens with zero attached hydrogens (tertiary/aromatic N) is 1. The molecule has 4 nitrogen and oxygen atoms in total. The quantitative estimate of drug-likeness (QED) is 0.904. The summed E-state index contributed by atoms with van der Waals surface area (Å²) < 4.78 is 10.5. The minimum atomic E-state index is -0.141. The van der Waals surface area contributed by atoms with Crippen molar-refractivity contribution in [2.24, 2.45) is 0 Å². The Labute approximate surface area is 111 Å². The van der Waals surface area contributed by atoms with E-state index in [0.29, 0.717) is 5.22 Å². The molecule has 0 aromatic carbocycles. The highest BCUT2D eigenvalue weighted by Gasteiger charge is 2.22. The largest absolute Gasteiger partial charge is 0.495 e. The van der Waals surface area contributed by atoms with Crippen LogP contribution < -0.4 is 10.1 Å². The van der Waals surface area contributed by atoms with E-state index in [1.165, 1.54) is 0 Å². The van der Waals surface area contributed by atoms with Crippen LogP contribution in [0.5, 0.6) is 5.75 Å². The lowest BCUT2D eigenvalue weighted by molar-refractivity contribution is 0.400. The zero-order valence-electron chi connectivity index (χ0n) is 10.3. The van der Waals surface area contributed by atoms with Gasteiger partial charge in [-0.3, -0.25) is 4.98 Å². The second-order valence-corrected chi connectivity index (χ2v) is 4.07. The minimum Gasteiger partial charge on any atom is -0.495 e. The Balaban J connectivity index is 2.45. The summed E-state index contributed by atoms with van der Waals surface area (Å²) in [6.45, 7) is 2.81. The van der Waals surface area contributed by atoms with Crippen LogP contribution in [0.15, 0.2) is 35.1 Å². The van der Waals surface area contributed by atoms with Crippen molar-refractivity contribution in [1.82, 2.24) is 10.3 Å². The van der Waals surface area contributed by atoms with Crippen LogP contribution in [0.3, 0.4) is 0 Å². The molecule has 2 aromatic rings. The van der Waals surface area contributed by atoms with Crippen molar-refractivity contribution in [2.75, 3.05) is 13.7 Å². The third kappa shape index (κ3) is 2.49. The molecule has 2 rings (SSSR count). The molecule has 0 aliphatic carbocycles. The van der Waals surface area contributed by atoms with E-state index in [0.717, 1.165) is 23.6 Å². The van der Waals surface area contributed by atoms with Gasteiger partial charge in [0.05, 0.1) is 19.4 Å². The van der Waals surface area contributed by atoms with E-state index in [9.17, 15) is 0 Å². The first kappa shape index (κ1) is 12.9. The van der Waals surface area contributed by atoms with Gasteiger partial charge in [0, 0.05) is 11.8 Å². The molecule has 0 aliphatic rings. The summed E-state index contributed by atoms with van der Waals surface area (Å²) in [5.41, 5.74) is 1.65. The number of furan rings is 1. The Hall–Kier alpha value is -1.52. The topological polar surface area (TPSA) is 47.3 Å². The molecule has 2 heterocycles. The van der Waals surface area contributed by atoms with Crippen LogP contribution >= 0.6 is 11.6 Å². The van der Waals surface area contributed by atoms with Crippen molar-refractivity contribution in [3.8, 4) is 5.75 Å². The molecule has 18 heavy (non-hydrogen) atoms. The molecular weight excluding hydrogens is 252 g/mol. The number of aromatic nitrogens is 1. The molecule has 96 valence electrons. The molecule has 0 saturated heterocycles. The fourth-order valence-electron chi connectivity index (χ4n) is 1.86. The van der Waals surface area contributed by atoms with E-state index in [1.807, 2.05) is 25.1 Å². The van der Waals surface area contributed by atoms with Gasteiger partial charge in [-0.15, -0.1) is 0 Å². The maximum atomic E-state index is 6.04. The minimum absolute atomic E-state index is 0.141. The van der Waals surface area contributed by atoms with Crippen molar-refractivity contribution >= 4 is 11.6 Å². The van der Waals surface area contributed by atoms with Crippen LogP contribution in [0.25, 0.3) is 0 Å². The highest BCUT2D eigenvalue weighted by atomic mass is 35.5. The van der Waals surface area contributed by atoms with E-state index in [2.05, 4.69) is 10.3 Å². The fourth-order valence-corrected chi connectivity index (χ4v) is 2.08. The third-order valence-corrected chi connectivity index (χ3v) is 2.97. The number of methoxy groups -OCH3 is 1. The summed E-state index contributed by atoms with van der Waals surface area (Å²) in [5, 5.41) is 3.70. The first-order valence-electron chi connectivity index (χ1n) is 5.73. The average Bonchev–Trinajstić information content (AvgIpc) is 2.82. The summed E-state index contributed by atoms with van der Waals surface area (Å²) in [6.07, 6.45) is 3.30. The number of halogens is 1. The Morgan fingerprint density at radius 3 is 2.94 bits per heavy atom. The smallest absolute Gasteiger partial charge is 0.198 e. The Bertz CT molecular complexity index is 513. The van der Waals surface area contributed by atoms with Gasteiger partial charge in [-0.05, 0) is 36.3 Å². The molecule has 0 radical (unpaired) electrons. The Kier molecular flexibility index (Phi) is 4.23. The molecule has 0 bridgehead atoms. The lowest BCUT2D eigenvalue weighted by atomic mass is 10.1. The second kappa shape index (κ2) is 5.89. The van der Waals surface area contributed by atoms with Gasteiger partial charge in [0.25, 0.3) is 0 Å². The summed E-state index contributed by atoms with van der Waals surface area (Å²) in [4.78, 5) is 4.38. The fraction of sp³-hybridized carbons (Fsp3) is 0.308. The lowest BCUT2D eigenvalue weighted by Crippen LogP contribution is -2.23. The predicted molar refractivity (Wildman–Crippen MR) is 70.0 cm³/mol. The van der Waals surface area contributed by atoms with E-state index in [-0.39, 0.29) is 6.04 Å². The van der Waals surface area contributed by atoms with Gasteiger partial charge in [-0.25, -0.2) is 0 Å². The van der Waals surface area contributed by atoms with Crippen molar-refractivity contribution in [3.63, 3.8) is 0 Å². The standard InChI is InChI=1S/C13H15ClN2O2/c1-3-15-11(9-6-8-18-13(9)14)12-10(17-2)5-4-7-16-12/h4-8,11,15H,3H2,1-2H3. The molecule has 0 aliphatic heterocycles. The van der Waals surface area contributed by atoms with E-state index >= 15 is 0 Å². The van der Waals surface area contributed by atoms with Crippen molar-refractivity contribution < 1.29 is 9.15 Å². The molecule has 5 heteroatoms. The maximum absolute atomic E-state index is 6.04. The molecule has 0 fully saturated rings. The van der Waals surface area contributed by atoms with Gasteiger partial charge in [-0.1, -0.05) is 6.92 Å². The zero-order chi connectivity index (χ0) is 13.0. The van der Waals surface area contributed by atoms with Crippen LogP contribution in [0.4, 0.5) is 0 Å². The number of hydrogen-bond donors (Lipinski definition) is 1. The second-order valence-electron chi connectivity index (χ2n) is 3.73. The molecule has 1 N–H and O–H groups in total. The SMILES string of the molecule is CCNC(c1ccoc1Cl)c1ncccc1OC. The molecule has 0 saturated carbocycles. The van der Waals surface area contributed by atoms with Crippen molar-refractivity contribution in [3.05, 3.63) is 47.1 Å². The summed E-state index contributed by atoms with van der Waals surface area (Å²) in [6, 6.07) is 5.41. The number of rotatable bonds is 5. The van der Waals surface area contributed by atoms with Crippen molar-refractivity contribution in [2.45, 2.75) is 13.0 Å². The lowest BCUT2D eigenvalue weighted by Gasteiger charge is -2.18. The van der Waals surface area contributed by atoms with Gasteiger partial charge < -0.3 is 14.5 Å². The van der Waals surface area contributed by atoms with Crippen LogP contribution in [0.2, 0.25) is 5.22 Å². The molecule has 2 aromatic heterocycles. The van der Waals surface area contributed by atoms with Gasteiger partial charge in [0.15, 0.2) is 5.22 Å². The van der Waals surface area contributed by atoms with Crippen LogP contribution in [-0.2, 0) is 0 Å². The van der Waals surface area contributed by atoms with Gasteiger partial charge >= 0.3 is 0 Å². The van der Waals surface area contributed by atoms with Crippen LogP contribution in [-0.4, -0.2) is 18.6 Å². The highest BCUT2D eigenvalue weighted by molar-refractivity contribution is 6.29. The van der Waals surface area contributed by atoms with E-state index in [1.54, 1.807) is 19.6 Å². The van der Waals surface area contributed by atoms with E-state index < -0.39 is 0 Å². The Morgan fingerprint density at radius 1 is 1.50 bits per heavy atom. The monoisotopic (exact) mass is 266 g/mol. The third-order valence-electron chi connectivity index (χ3n) is 2.66. The Morgan fingerprint density at radius 2 is 2.33 bits per heavy atom.